The molecule has 2 aromatic carbocycles. The maximum absolute atomic E-state index is 11.0. The Morgan fingerprint density at radius 2 is 1.69 bits per heavy atom. The van der Waals surface area contributed by atoms with Crippen LogP contribution in [0.25, 0.3) is 0 Å². The van der Waals surface area contributed by atoms with Crippen molar-refractivity contribution in [3.05, 3.63) is 46.5 Å². The maximum atomic E-state index is 11.0. The SMILES string of the molecule is O=[N+]([O-])c1ccc2c(c1)Sc1cc(O[C@H]3C[C@H](OC4CCNCC4)C3)ccc1N2. The molecule has 0 aromatic heterocycles. The summed E-state index contributed by atoms with van der Waals surface area (Å²) in [6.45, 7) is 2.09. The first-order valence-corrected chi connectivity index (χ1v) is 10.9. The van der Waals surface area contributed by atoms with Gasteiger partial charge in [0.1, 0.15) is 11.9 Å². The molecule has 5 rings (SSSR count). The van der Waals surface area contributed by atoms with Crippen LogP contribution in [0.2, 0.25) is 0 Å². The summed E-state index contributed by atoms with van der Waals surface area (Å²) in [5.41, 5.74) is 1.98. The number of non-ortho nitro benzene ring substituents is 1. The van der Waals surface area contributed by atoms with Crippen LogP contribution < -0.4 is 15.4 Å². The first kappa shape index (κ1) is 18.7. The molecule has 2 fully saturated rings. The van der Waals surface area contributed by atoms with Crippen LogP contribution in [0.1, 0.15) is 25.7 Å². The van der Waals surface area contributed by atoms with E-state index in [0.29, 0.717) is 12.2 Å². The van der Waals surface area contributed by atoms with E-state index in [1.54, 1.807) is 12.1 Å². The van der Waals surface area contributed by atoms with Gasteiger partial charge in [0.05, 0.1) is 28.5 Å². The highest BCUT2D eigenvalue weighted by Crippen LogP contribution is 2.46. The highest BCUT2D eigenvalue weighted by molar-refractivity contribution is 7.99. The average Bonchev–Trinajstić information content (AvgIpc) is 2.71. The van der Waals surface area contributed by atoms with Crippen molar-refractivity contribution >= 4 is 28.8 Å². The molecule has 0 bridgehead atoms. The van der Waals surface area contributed by atoms with E-state index >= 15 is 0 Å². The number of piperidine rings is 1. The fraction of sp³-hybridized carbons (Fsp3) is 0.429. The molecule has 1 saturated carbocycles. The summed E-state index contributed by atoms with van der Waals surface area (Å²) < 4.78 is 12.3. The molecule has 2 N–H and O–H groups in total. The number of anilines is 2. The van der Waals surface area contributed by atoms with E-state index in [0.717, 1.165) is 65.7 Å². The van der Waals surface area contributed by atoms with Gasteiger partial charge in [0.2, 0.25) is 0 Å². The number of ether oxygens (including phenoxy) is 2. The van der Waals surface area contributed by atoms with Gasteiger partial charge in [-0.25, -0.2) is 0 Å². The van der Waals surface area contributed by atoms with Crippen LogP contribution in [0.15, 0.2) is 46.2 Å². The van der Waals surface area contributed by atoms with Crippen molar-refractivity contribution in [1.29, 1.82) is 0 Å². The molecular formula is C21H23N3O4S. The minimum absolute atomic E-state index is 0.100. The Balaban J connectivity index is 1.19. The molecule has 2 aliphatic heterocycles. The molecule has 8 heteroatoms. The molecule has 1 saturated heterocycles. The van der Waals surface area contributed by atoms with E-state index in [-0.39, 0.29) is 16.7 Å². The van der Waals surface area contributed by atoms with Crippen molar-refractivity contribution in [3.63, 3.8) is 0 Å². The number of hydrogen-bond donors (Lipinski definition) is 2. The predicted molar refractivity (Wildman–Crippen MR) is 111 cm³/mol. The lowest BCUT2D eigenvalue weighted by atomic mass is 9.91. The van der Waals surface area contributed by atoms with Gasteiger partial charge in [-0.2, -0.15) is 0 Å². The molecule has 0 atom stereocenters. The second-order valence-corrected chi connectivity index (χ2v) is 8.83. The normalized spacial score (nSPS) is 23.3. The first-order valence-electron chi connectivity index (χ1n) is 10.0. The third kappa shape index (κ3) is 4.05. The molecule has 2 heterocycles. The Labute approximate surface area is 173 Å². The van der Waals surface area contributed by atoms with Crippen LogP contribution in [-0.4, -0.2) is 36.3 Å². The Hall–Kier alpha value is -2.29. The minimum Gasteiger partial charge on any atom is -0.490 e. The molecule has 0 unspecified atom stereocenters. The van der Waals surface area contributed by atoms with E-state index in [1.807, 2.05) is 18.2 Å². The fourth-order valence-corrected chi connectivity index (χ4v) is 5.01. The van der Waals surface area contributed by atoms with Gasteiger partial charge in [0.15, 0.2) is 0 Å². The second-order valence-electron chi connectivity index (χ2n) is 7.74. The van der Waals surface area contributed by atoms with Crippen LogP contribution in [0.3, 0.4) is 0 Å². The Morgan fingerprint density at radius 1 is 0.966 bits per heavy atom. The molecule has 3 aliphatic rings. The van der Waals surface area contributed by atoms with Gasteiger partial charge in [0, 0.05) is 34.8 Å². The Bertz CT molecular complexity index is 926. The standard InChI is InChI=1S/C21H23N3O4S/c25-24(26)13-1-3-18-20(9-13)29-21-12-15(2-4-19(21)23-18)28-17-10-16(11-17)27-14-5-7-22-8-6-14/h1-4,9,12,14,16-17,22-23H,5-8,10-11H2/t16-,17-. The van der Waals surface area contributed by atoms with Crippen LogP contribution in [-0.2, 0) is 4.74 Å². The summed E-state index contributed by atoms with van der Waals surface area (Å²) in [5.74, 6) is 0.831. The van der Waals surface area contributed by atoms with Crippen molar-refractivity contribution in [2.75, 3.05) is 18.4 Å². The summed E-state index contributed by atoms with van der Waals surface area (Å²) >= 11 is 1.53. The van der Waals surface area contributed by atoms with Crippen molar-refractivity contribution in [1.82, 2.24) is 5.32 Å². The molecule has 29 heavy (non-hydrogen) atoms. The Kier molecular flexibility index (Phi) is 5.07. The molecule has 1 aliphatic carbocycles. The highest BCUT2D eigenvalue weighted by Gasteiger charge is 2.34. The first-order chi connectivity index (χ1) is 14.1. The zero-order valence-corrected chi connectivity index (χ0v) is 16.7. The van der Waals surface area contributed by atoms with E-state index in [9.17, 15) is 10.1 Å². The van der Waals surface area contributed by atoms with E-state index < -0.39 is 0 Å². The molecule has 7 nitrogen and oxygen atoms in total. The smallest absolute Gasteiger partial charge is 0.270 e. The van der Waals surface area contributed by atoms with Crippen LogP contribution in [0.5, 0.6) is 5.75 Å². The number of hydrogen-bond acceptors (Lipinski definition) is 7. The van der Waals surface area contributed by atoms with Gasteiger partial charge in [-0.05, 0) is 50.2 Å². The summed E-state index contributed by atoms with van der Waals surface area (Å²) in [4.78, 5) is 12.5. The number of nitro groups is 1. The fourth-order valence-electron chi connectivity index (χ4n) is 3.96. The van der Waals surface area contributed by atoms with Crippen molar-refractivity contribution in [2.24, 2.45) is 0 Å². The van der Waals surface area contributed by atoms with Gasteiger partial charge in [-0.1, -0.05) is 11.8 Å². The van der Waals surface area contributed by atoms with E-state index in [4.69, 9.17) is 9.47 Å². The summed E-state index contributed by atoms with van der Waals surface area (Å²) in [5, 5.41) is 17.7. The zero-order chi connectivity index (χ0) is 19.8. The quantitative estimate of drug-likeness (QED) is 0.471. The lowest BCUT2D eigenvalue weighted by molar-refractivity contribution is -0.385. The third-order valence-corrected chi connectivity index (χ3v) is 6.76. The highest BCUT2D eigenvalue weighted by atomic mass is 32.2. The van der Waals surface area contributed by atoms with Crippen LogP contribution in [0, 0.1) is 10.1 Å². The molecule has 152 valence electrons. The van der Waals surface area contributed by atoms with Gasteiger partial charge < -0.3 is 20.1 Å². The zero-order valence-electron chi connectivity index (χ0n) is 15.9. The molecule has 0 spiro atoms. The van der Waals surface area contributed by atoms with Gasteiger partial charge in [0.25, 0.3) is 5.69 Å². The van der Waals surface area contributed by atoms with E-state index in [1.165, 1.54) is 17.8 Å². The van der Waals surface area contributed by atoms with Crippen LogP contribution >= 0.6 is 11.8 Å². The lowest BCUT2D eigenvalue weighted by Gasteiger charge is -2.38. The monoisotopic (exact) mass is 413 g/mol. The Morgan fingerprint density at radius 3 is 2.45 bits per heavy atom. The largest absolute Gasteiger partial charge is 0.490 e. The number of nitrogens with one attached hydrogen (secondary N) is 2. The summed E-state index contributed by atoms with van der Waals surface area (Å²) in [7, 11) is 0. The summed E-state index contributed by atoms with van der Waals surface area (Å²) in [6, 6.07) is 10.9. The molecule has 0 amide bonds. The van der Waals surface area contributed by atoms with Crippen molar-refractivity contribution in [3.8, 4) is 5.75 Å². The van der Waals surface area contributed by atoms with Crippen LogP contribution in [0.4, 0.5) is 17.1 Å². The van der Waals surface area contributed by atoms with Gasteiger partial charge in [-0.15, -0.1) is 0 Å². The lowest BCUT2D eigenvalue weighted by Crippen LogP contribution is -2.43. The second kappa shape index (κ2) is 7.85. The summed E-state index contributed by atoms with van der Waals surface area (Å²) in [6.07, 6.45) is 4.94. The topological polar surface area (TPSA) is 85.7 Å². The molecule has 2 aromatic rings. The van der Waals surface area contributed by atoms with Gasteiger partial charge >= 0.3 is 0 Å². The number of rotatable bonds is 5. The van der Waals surface area contributed by atoms with Crippen molar-refractivity contribution in [2.45, 2.75) is 53.8 Å². The number of nitrogens with zero attached hydrogens (tertiary/aromatic N) is 1. The molecule has 0 radical (unpaired) electrons. The number of fused-ring (bicyclic) bond motifs is 2. The average molecular weight is 413 g/mol. The van der Waals surface area contributed by atoms with E-state index in [2.05, 4.69) is 10.6 Å². The van der Waals surface area contributed by atoms with Gasteiger partial charge in [-0.3, -0.25) is 10.1 Å². The van der Waals surface area contributed by atoms with Crippen molar-refractivity contribution < 1.29 is 14.4 Å². The number of benzene rings is 2. The maximum Gasteiger partial charge on any atom is 0.270 e. The molecular weight excluding hydrogens is 390 g/mol. The predicted octanol–water partition coefficient (Wildman–Crippen LogP) is 4.48. The third-order valence-electron chi connectivity index (χ3n) is 5.64. The minimum atomic E-state index is -0.366. The number of nitro benzene ring substituents is 1.